The third kappa shape index (κ3) is 3.90. The van der Waals surface area contributed by atoms with E-state index in [1.807, 2.05) is 0 Å². The Morgan fingerprint density at radius 3 is 2.53 bits per heavy atom. The molecule has 0 aliphatic rings. The molecule has 0 saturated heterocycles. The summed E-state index contributed by atoms with van der Waals surface area (Å²) >= 11 is 5.45. The summed E-state index contributed by atoms with van der Waals surface area (Å²) in [6, 6.07) is 7.10. The van der Waals surface area contributed by atoms with E-state index in [1.165, 1.54) is 6.92 Å². The van der Waals surface area contributed by atoms with Crippen LogP contribution < -0.4 is 5.32 Å². The highest BCUT2D eigenvalue weighted by molar-refractivity contribution is 6.18. The van der Waals surface area contributed by atoms with Crippen LogP contribution in [0.1, 0.15) is 17.3 Å². The minimum atomic E-state index is -0.556. The summed E-state index contributed by atoms with van der Waals surface area (Å²) in [5, 5.41) is 12.2. The Morgan fingerprint density at radius 1 is 1.47 bits per heavy atom. The van der Waals surface area contributed by atoms with Gasteiger partial charge in [0.25, 0.3) is 0 Å². The molecule has 2 N–H and O–H groups in total. The van der Waals surface area contributed by atoms with Gasteiger partial charge in [-0.1, -0.05) is 0 Å². The summed E-state index contributed by atoms with van der Waals surface area (Å²) in [5.41, 5.74) is 1.54. The van der Waals surface area contributed by atoms with Gasteiger partial charge in [-0.05, 0) is 31.2 Å². The number of Topliss-reactive ketones (excluding diaryl/α,β-unsaturated/α-hetero) is 1. The predicted molar refractivity (Wildman–Crippen MR) is 61.7 cm³/mol. The van der Waals surface area contributed by atoms with Crippen molar-refractivity contribution in [3.05, 3.63) is 29.8 Å². The molecule has 1 atom stereocenters. The number of hydrogen-bond donors (Lipinski definition) is 2. The van der Waals surface area contributed by atoms with Crippen molar-refractivity contribution in [2.75, 3.05) is 17.7 Å². The minimum Gasteiger partial charge on any atom is -0.390 e. The maximum absolute atomic E-state index is 11.0. The zero-order chi connectivity index (χ0) is 11.3. The Balaban J connectivity index is 2.53. The number of rotatable bonds is 5. The summed E-state index contributed by atoms with van der Waals surface area (Å²) in [7, 11) is 0. The van der Waals surface area contributed by atoms with Gasteiger partial charge in [-0.15, -0.1) is 11.6 Å². The quantitative estimate of drug-likeness (QED) is 0.597. The number of aliphatic hydroxyl groups is 1. The predicted octanol–water partition coefficient (Wildman–Crippen LogP) is 1.90. The monoisotopic (exact) mass is 227 g/mol. The van der Waals surface area contributed by atoms with E-state index in [4.69, 9.17) is 11.6 Å². The molecule has 0 heterocycles. The summed E-state index contributed by atoms with van der Waals surface area (Å²) in [6.45, 7) is 1.93. The van der Waals surface area contributed by atoms with Crippen molar-refractivity contribution in [3.8, 4) is 0 Å². The maximum atomic E-state index is 11.0. The first-order valence-corrected chi connectivity index (χ1v) is 5.26. The Bertz CT molecular complexity index is 324. The van der Waals surface area contributed by atoms with E-state index in [2.05, 4.69) is 5.32 Å². The summed E-state index contributed by atoms with van der Waals surface area (Å²) in [5.74, 6) is 0.251. The zero-order valence-corrected chi connectivity index (χ0v) is 9.29. The molecule has 0 aliphatic carbocycles. The number of benzene rings is 1. The number of carbonyl (C=O) groups excluding carboxylic acids is 1. The molecule has 0 bridgehead atoms. The Kier molecular flexibility index (Phi) is 4.59. The molecule has 82 valence electrons. The molecular weight excluding hydrogens is 214 g/mol. The molecule has 15 heavy (non-hydrogen) atoms. The molecule has 1 aromatic carbocycles. The van der Waals surface area contributed by atoms with E-state index >= 15 is 0 Å². The van der Waals surface area contributed by atoms with Crippen LogP contribution in [0, 0.1) is 0 Å². The Hall–Kier alpha value is -1.06. The molecule has 3 nitrogen and oxygen atoms in total. The molecule has 1 rings (SSSR count). The lowest BCUT2D eigenvalue weighted by Gasteiger charge is -2.09. The van der Waals surface area contributed by atoms with Gasteiger partial charge in [0, 0.05) is 17.8 Å². The van der Waals surface area contributed by atoms with Gasteiger partial charge in [0.15, 0.2) is 5.78 Å². The fraction of sp³-hybridized carbons (Fsp3) is 0.364. The van der Waals surface area contributed by atoms with Gasteiger partial charge in [-0.25, -0.2) is 0 Å². The van der Waals surface area contributed by atoms with E-state index in [-0.39, 0.29) is 11.7 Å². The average Bonchev–Trinajstić information content (AvgIpc) is 2.26. The molecule has 0 fully saturated rings. The third-order valence-electron chi connectivity index (χ3n) is 2.01. The first kappa shape index (κ1) is 12.0. The van der Waals surface area contributed by atoms with Crippen LogP contribution in [-0.2, 0) is 0 Å². The maximum Gasteiger partial charge on any atom is 0.159 e. The highest BCUT2D eigenvalue weighted by Crippen LogP contribution is 2.09. The van der Waals surface area contributed by atoms with Crippen molar-refractivity contribution in [1.29, 1.82) is 0 Å². The van der Waals surface area contributed by atoms with Crippen LogP contribution in [0.3, 0.4) is 0 Å². The lowest BCUT2D eigenvalue weighted by atomic mass is 10.1. The molecule has 0 aromatic heterocycles. The van der Waals surface area contributed by atoms with E-state index in [9.17, 15) is 9.90 Å². The number of anilines is 1. The number of halogens is 1. The lowest BCUT2D eigenvalue weighted by Crippen LogP contribution is -2.20. The number of aliphatic hydroxyl groups excluding tert-OH is 1. The highest BCUT2D eigenvalue weighted by atomic mass is 35.5. The van der Waals surface area contributed by atoms with Gasteiger partial charge in [0.05, 0.1) is 12.0 Å². The zero-order valence-electron chi connectivity index (χ0n) is 8.53. The molecule has 0 aliphatic heterocycles. The number of ketones is 1. The highest BCUT2D eigenvalue weighted by Gasteiger charge is 2.02. The second-order valence-corrected chi connectivity index (χ2v) is 3.63. The topological polar surface area (TPSA) is 49.3 Å². The number of alkyl halides is 1. The standard InChI is InChI=1S/C11H14ClNO2/c1-8(14)9-2-4-10(5-3-9)13-7-11(15)6-12/h2-5,11,13,15H,6-7H2,1H3/t11-/m0/s1. The van der Waals surface area contributed by atoms with Crippen molar-refractivity contribution < 1.29 is 9.90 Å². The molecule has 0 amide bonds. The summed E-state index contributed by atoms with van der Waals surface area (Å²) in [6.07, 6.45) is -0.556. The molecule has 0 radical (unpaired) electrons. The van der Waals surface area contributed by atoms with Crippen molar-refractivity contribution in [3.63, 3.8) is 0 Å². The van der Waals surface area contributed by atoms with E-state index in [0.29, 0.717) is 12.1 Å². The van der Waals surface area contributed by atoms with Gasteiger partial charge >= 0.3 is 0 Å². The Labute approximate surface area is 94.1 Å². The largest absolute Gasteiger partial charge is 0.390 e. The van der Waals surface area contributed by atoms with Crippen LogP contribution in [0.25, 0.3) is 0 Å². The van der Waals surface area contributed by atoms with Crippen molar-refractivity contribution in [2.45, 2.75) is 13.0 Å². The van der Waals surface area contributed by atoms with Gasteiger partial charge in [0.2, 0.25) is 0 Å². The molecule has 0 spiro atoms. The fourth-order valence-corrected chi connectivity index (χ4v) is 1.22. The van der Waals surface area contributed by atoms with Crippen LogP contribution >= 0.6 is 11.6 Å². The molecular formula is C11H14ClNO2. The third-order valence-corrected chi connectivity index (χ3v) is 2.37. The van der Waals surface area contributed by atoms with Crippen molar-refractivity contribution >= 4 is 23.1 Å². The van der Waals surface area contributed by atoms with Crippen LogP contribution in [-0.4, -0.2) is 29.4 Å². The number of carbonyl (C=O) groups is 1. The lowest BCUT2D eigenvalue weighted by molar-refractivity contribution is 0.101. The first-order chi connectivity index (χ1) is 7.13. The molecule has 0 saturated carbocycles. The summed E-state index contributed by atoms with van der Waals surface area (Å²) in [4.78, 5) is 11.0. The van der Waals surface area contributed by atoms with E-state index < -0.39 is 6.10 Å². The van der Waals surface area contributed by atoms with Crippen molar-refractivity contribution in [1.82, 2.24) is 0 Å². The fourth-order valence-electron chi connectivity index (χ4n) is 1.11. The van der Waals surface area contributed by atoms with Crippen molar-refractivity contribution in [2.24, 2.45) is 0 Å². The van der Waals surface area contributed by atoms with Crippen LogP contribution in [0.2, 0.25) is 0 Å². The summed E-state index contributed by atoms with van der Waals surface area (Å²) < 4.78 is 0. The number of nitrogens with one attached hydrogen (secondary N) is 1. The van der Waals surface area contributed by atoms with E-state index in [1.54, 1.807) is 24.3 Å². The van der Waals surface area contributed by atoms with Gasteiger partial charge in [-0.2, -0.15) is 0 Å². The smallest absolute Gasteiger partial charge is 0.159 e. The van der Waals surface area contributed by atoms with Gasteiger partial charge in [-0.3, -0.25) is 4.79 Å². The van der Waals surface area contributed by atoms with E-state index in [0.717, 1.165) is 5.69 Å². The first-order valence-electron chi connectivity index (χ1n) is 4.72. The van der Waals surface area contributed by atoms with Crippen LogP contribution in [0.5, 0.6) is 0 Å². The van der Waals surface area contributed by atoms with Crippen LogP contribution in [0.15, 0.2) is 24.3 Å². The normalized spacial score (nSPS) is 12.2. The second-order valence-electron chi connectivity index (χ2n) is 3.32. The van der Waals surface area contributed by atoms with Crippen LogP contribution in [0.4, 0.5) is 5.69 Å². The SMILES string of the molecule is CC(=O)c1ccc(NC[C@@H](O)CCl)cc1. The number of hydrogen-bond acceptors (Lipinski definition) is 3. The molecule has 1 aromatic rings. The Morgan fingerprint density at radius 2 is 2.07 bits per heavy atom. The van der Waals surface area contributed by atoms with Gasteiger partial charge in [0.1, 0.15) is 0 Å². The molecule has 4 heteroatoms. The average molecular weight is 228 g/mol. The second kappa shape index (κ2) is 5.73. The van der Waals surface area contributed by atoms with Gasteiger partial charge < -0.3 is 10.4 Å². The molecule has 0 unspecified atom stereocenters. The minimum absolute atomic E-state index is 0.0438.